The van der Waals surface area contributed by atoms with Gasteiger partial charge in [0.15, 0.2) is 0 Å². The van der Waals surface area contributed by atoms with Gasteiger partial charge in [0.25, 0.3) is 0 Å². The van der Waals surface area contributed by atoms with E-state index in [1.165, 1.54) is 70.6 Å². The minimum absolute atomic E-state index is 0. The Bertz CT molecular complexity index is 1050. The number of rotatable bonds is 4. The molecule has 1 aliphatic heterocycles. The van der Waals surface area contributed by atoms with Crippen molar-refractivity contribution in [2.45, 2.75) is 86.1 Å². The monoisotopic (exact) mass is 596 g/mol. The van der Waals surface area contributed by atoms with Crippen LogP contribution in [0.25, 0.3) is 12.2 Å². The summed E-state index contributed by atoms with van der Waals surface area (Å²) in [5.74, 6) is 1.72. The molecule has 0 amide bonds. The SMILES string of the molecule is C1=C(C2CCCCC2)[CH]([Zr+2]2([CH]3C(C4CCCCC4)=Cc4ccccc43)[CH2]C[CH2]2)c2ccccc21.[Cl-].[Cl-]. The van der Waals surface area contributed by atoms with Crippen LogP contribution in [0.5, 0.6) is 0 Å². The molecule has 0 aromatic heterocycles. The van der Waals surface area contributed by atoms with Crippen LogP contribution in [-0.2, 0) is 20.3 Å². The van der Waals surface area contributed by atoms with E-state index < -0.39 is 20.3 Å². The van der Waals surface area contributed by atoms with Crippen molar-refractivity contribution in [3.63, 3.8) is 0 Å². The van der Waals surface area contributed by atoms with Crippen LogP contribution >= 0.6 is 0 Å². The second-order valence-corrected chi connectivity index (χ2v) is 23.5. The van der Waals surface area contributed by atoms with E-state index in [1.807, 2.05) is 11.1 Å². The average molecular weight is 599 g/mol. The fourth-order valence-corrected chi connectivity index (χ4v) is 24.6. The molecule has 0 nitrogen and oxygen atoms in total. The first-order valence-corrected chi connectivity index (χ1v) is 20.8. The molecule has 190 valence electrons. The molecule has 2 aromatic carbocycles. The van der Waals surface area contributed by atoms with Crippen LogP contribution in [-0.4, -0.2) is 0 Å². The van der Waals surface area contributed by atoms with Crippen LogP contribution in [0, 0.1) is 11.8 Å². The van der Waals surface area contributed by atoms with Crippen molar-refractivity contribution in [3.05, 3.63) is 81.9 Å². The molecule has 1 heterocycles. The number of allylic oxidation sites excluding steroid dienone is 2. The summed E-state index contributed by atoms with van der Waals surface area (Å²) in [5, 5.41) is 0. The summed E-state index contributed by atoms with van der Waals surface area (Å²) in [4.78, 5) is 0. The van der Waals surface area contributed by atoms with Crippen molar-refractivity contribution in [2.75, 3.05) is 0 Å². The van der Waals surface area contributed by atoms with E-state index in [9.17, 15) is 0 Å². The number of hydrogen-bond acceptors (Lipinski definition) is 0. The third-order valence-corrected chi connectivity index (χ3v) is 25.6. The molecule has 2 saturated carbocycles. The minimum Gasteiger partial charge on any atom is -1.00 e. The van der Waals surface area contributed by atoms with Crippen molar-refractivity contribution < 1.29 is 45.1 Å². The van der Waals surface area contributed by atoms with Gasteiger partial charge in [-0.2, -0.15) is 0 Å². The molecular formula is C33H40Cl2Zr. The standard InChI is InChI=1S/2C15H17.C3H6.2ClH.Zr/c2*1-2-6-12(7-3-1)15-10-13-8-4-5-9-14(13)11-15;1-3-2;;;/h2*4-5,8-12H,1-3,6-7H2;1-3H2;2*1H;/q;;;;;+2/p-2. The van der Waals surface area contributed by atoms with Gasteiger partial charge >= 0.3 is 212 Å². The molecule has 36 heavy (non-hydrogen) atoms. The van der Waals surface area contributed by atoms with Crippen LogP contribution < -0.4 is 24.8 Å². The summed E-state index contributed by atoms with van der Waals surface area (Å²) in [6, 6.07) is 19.3. The van der Waals surface area contributed by atoms with E-state index in [0.29, 0.717) is 0 Å². The Labute approximate surface area is 235 Å². The van der Waals surface area contributed by atoms with Crippen LogP contribution in [0.15, 0.2) is 59.7 Å². The van der Waals surface area contributed by atoms with Crippen LogP contribution in [0.4, 0.5) is 0 Å². The molecule has 2 unspecified atom stereocenters. The number of fused-ring (bicyclic) bond motifs is 2. The number of benzene rings is 2. The summed E-state index contributed by atoms with van der Waals surface area (Å²) < 4.78 is 4.90. The minimum atomic E-state index is -2.63. The smallest absolute Gasteiger partial charge is 1.00 e. The maximum Gasteiger partial charge on any atom is -1.00 e. The Balaban J connectivity index is 0.00000133. The number of halogens is 2. The van der Waals surface area contributed by atoms with E-state index in [1.54, 1.807) is 30.5 Å². The van der Waals surface area contributed by atoms with Gasteiger partial charge in [-0.3, -0.25) is 0 Å². The molecule has 7 rings (SSSR count). The second kappa shape index (κ2) is 11.2. The van der Waals surface area contributed by atoms with E-state index >= 15 is 0 Å². The molecule has 2 atom stereocenters. The van der Waals surface area contributed by atoms with Gasteiger partial charge in [0.2, 0.25) is 0 Å². The maximum atomic E-state index is 2.72. The van der Waals surface area contributed by atoms with Gasteiger partial charge < -0.3 is 24.8 Å². The molecule has 0 spiro atoms. The first-order valence-electron chi connectivity index (χ1n) is 14.5. The predicted octanol–water partition coefficient (Wildman–Crippen LogP) is 3.83. The van der Waals surface area contributed by atoms with Crippen LogP contribution in [0.1, 0.15) is 100 Å². The summed E-state index contributed by atoms with van der Waals surface area (Å²) in [6.07, 6.45) is 21.5. The van der Waals surface area contributed by atoms with Gasteiger partial charge in [-0.15, -0.1) is 0 Å². The van der Waals surface area contributed by atoms with Crippen LogP contribution in [0.3, 0.4) is 0 Å². The zero-order valence-corrected chi connectivity index (χ0v) is 25.5. The third kappa shape index (κ3) is 4.38. The average Bonchev–Trinajstić information content (AvgIpc) is 3.45. The Morgan fingerprint density at radius 3 is 1.31 bits per heavy atom. The molecule has 5 aliphatic rings. The summed E-state index contributed by atoms with van der Waals surface area (Å²) in [6.45, 7) is 0. The Kier molecular flexibility index (Phi) is 8.42. The Hall–Kier alpha value is -0.617. The van der Waals surface area contributed by atoms with Gasteiger partial charge in [0.05, 0.1) is 0 Å². The molecule has 3 fully saturated rings. The van der Waals surface area contributed by atoms with Crippen molar-refractivity contribution in [1.29, 1.82) is 0 Å². The largest absolute Gasteiger partial charge is 1.00 e. The van der Waals surface area contributed by atoms with Crippen LogP contribution in [0.2, 0.25) is 8.26 Å². The van der Waals surface area contributed by atoms with Crippen molar-refractivity contribution in [1.82, 2.24) is 0 Å². The summed E-state index contributed by atoms with van der Waals surface area (Å²) in [5.41, 5.74) is 10.5. The molecule has 0 bridgehead atoms. The molecule has 3 heteroatoms. The normalized spacial score (nSPS) is 26.1. The van der Waals surface area contributed by atoms with Crippen molar-refractivity contribution >= 4 is 12.2 Å². The second-order valence-electron chi connectivity index (χ2n) is 12.2. The van der Waals surface area contributed by atoms with Gasteiger partial charge in [-0.25, -0.2) is 0 Å². The van der Waals surface area contributed by atoms with E-state index in [-0.39, 0.29) is 24.8 Å². The van der Waals surface area contributed by atoms with E-state index in [4.69, 9.17) is 0 Å². The molecular weight excluding hydrogens is 558 g/mol. The topological polar surface area (TPSA) is 0 Å². The van der Waals surface area contributed by atoms with Gasteiger partial charge in [0, 0.05) is 0 Å². The molecule has 0 N–H and O–H groups in total. The zero-order valence-electron chi connectivity index (χ0n) is 21.5. The van der Waals surface area contributed by atoms with E-state index in [2.05, 4.69) is 60.7 Å². The predicted molar refractivity (Wildman–Crippen MR) is 142 cm³/mol. The Morgan fingerprint density at radius 1 is 0.500 bits per heavy atom. The van der Waals surface area contributed by atoms with Gasteiger partial charge in [0.1, 0.15) is 0 Å². The summed E-state index contributed by atoms with van der Waals surface area (Å²) in [7, 11) is 0. The first kappa shape index (κ1) is 27.0. The maximum absolute atomic E-state index is 2.72. The fraction of sp³-hybridized carbons (Fsp3) is 0.515. The Morgan fingerprint density at radius 2 is 0.917 bits per heavy atom. The number of hydrogen-bond donors (Lipinski definition) is 0. The van der Waals surface area contributed by atoms with Crippen molar-refractivity contribution in [3.8, 4) is 0 Å². The first-order chi connectivity index (χ1) is 16.9. The quantitative estimate of drug-likeness (QED) is 0.502. The van der Waals surface area contributed by atoms with Crippen molar-refractivity contribution in [2.24, 2.45) is 11.8 Å². The third-order valence-electron chi connectivity index (χ3n) is 10.5. The van der Waals surface area contributed by atoms with Gasteiger partial charge in [-0.1, -0.05) is 0 Å². The zero-order chi connectivity index (χ0) is 22.5. The molecule has 0 radical (unpaired) electrons. The fourth-order valence-electron chi connectivity index (χ4n) is 8.89. The molecule has 1 saturated heterocycles. The molecule has 2 aromatic rings. The van der Waals surface area contributed by atoms with Gasteiger partial charge in [-0.05, 0) is 0 Å². The van der Waals surface area contributed by atoms with E-state index in [0.717, 1.165) is 19.1 Å². The molecule has 4 aliphatic carbocycles. The summed E-state index contributed by atoms with van der Waals surface area (Å²) >= 11 is -2.63.